The lowest BCUT2D eigenvalue weighted by molar-refractivity contribution is -0.0235. The lowest BCUT2D eigenvalue weighted by Gasteiger charge is -2.37. The molecule has 0 aromatic rings. The van der Waals surface area contributed by atoms with Gasteiger partial charge in [-0.05, 0) is 76.0 Å². The Balaban J connectivity index is 1.14. The SMILES string of the molecule is C1CC(OCCC2CC(CCOC3CCC3)C2)C1. The van der Waals surface area contributed by atoms with Crippen molar-refractivity contribution in [3.8, 4) is 0 Å². The van der Waals surface area contributed by atoms with Gasteiger partial charge >= 0.3 is 0 Å². The van der Waals surface area contributed by atoms with Crippen molar-refractivity contribution in [2.24, 2.45) is 11.8 Å². The van der Waals surface area contributed by atoms with Crippen molar-refractivity contribution in [2.75, 3.05) is 13.2 Å². The maximum absolute atomic E-state index is 5.83. The van der Waals surface area contributed by atoms with Crippen molar-refractivity contribution in [2.45, 2.75) is 76.4 Å². The molecule has 0 aromatic heterocycles. The Morgan fingerprint density at radius 2 is 1.11 bits per heavy atom. The second-order valence-electron chi connectivity index (χ2n) is 6.63. The van der Waals surface area contributed by atoms with Crippen LogP contribution in [-0.4, -0.2) is 25.4 Å². The molecule has 3 saturated carbocycles. The van der Waals surface area contributed by atoms with Crippen LogP contribution < -0.4 is 0 Å². The van der Waals surface area contributed by atoms with Gasteiger partial charge in [-0.2, -0.15) is 0 Å². The lowest BCUT2D eigenvalue weighted by atomic mass is 9.72. The molecular formula is C16H28O2. The Morgan fingerprint density at radius 3 is 1.44 bits per heavy atom. The molecule has 104 valence electrons. The Labute approximate surface area is 111 Å². The summed E-state index contributed by atoms with van der Waals surface area (Å²) in [4.78, 5) is 0. The first-order valence-electron chi connectivity index (χ1n) is 8.13. The smallest absolute Gasteiger partial charge is 0.0575 e. The second kappa shape index (κ2) is 6.38. The molecule has 0 spiro atoms. The minimum Gasteiger partial charge on any atom is -0.378 e. The van der Waals surface area contributed by atoms with Crippen molar-refractivity contribution in [3.63, 3.8) is 0 Å². The highest BCUT2D eigenvalue weighted by molar-refractivity contribution is 4.80. The molecule has 0 atom stereocenters. The third kappa shape index (κ3) is 3.48. The van der Waals surface area contributed by atoms with Crippen molar-refractivity contribution < 1.29 is 9.47 Å². The van der Waals surface area contributed by atoms with Gasteiger partial charge in [0.15, 0.2) is 0 Å². The zero-order valence-electron chi connectivity index (χ0n) is 11.6. The largest absolute Gasteiger partial charge is 0.378 e. The van der Waals surface area contributed by atoms with E-state index in [-0.39, 0.29) is 0 Å². The van der Waals surface area contributed by atoms with E-state index in [2.05, 4.69) is 0 Å². The van der Waals surface area contributed by atoms with E-state index in [1.807, 2.05) is 0 Å². The van der Waals surface area contributed by atoms with Crippen molar-refractivity contribution in [1.82, 2.24) is 0 Å². The normalized spacial score (nSPS) is 32.7. The first kappa shape index (κ1) is 12.9. The molecule has 2 nitrogen and oxygen atoms in total. The van der Waals surface area contributed by atoms with Crippen LogP contribution in [0.4, 0.5) is 0 Å². The summed E-state index contributed by atoms with van der Waals surface area (Å²) in [6, 6.07) is 0. The summed E-state index contributed by atoms with van der Waals surface area (Å²) in [6.07, 6.45) is 14.7. The van der Waals surface area contributed by atoms with Gasteiger partial charge in [0, 0.05) is 13.2 Å². The molecule has 0 radical (unpaired) electrons. The van der Waals surface area contributed by atoms with E-state index in [4.69, 9.17) is 9.47 Å². The highest BCUT2D eigenvalue weighted by atomic mass is 16.5. The van der Waals surface area contributed by atoms with Crippen molar-refractivity contribution in [3.05, 3.63) is 0 Å². The minimum absolute atomic E-state index is 0.622. The standard InChI is InChI=1S/C16H28O2/c1-3-15(4-1)17-9-7-13-11-14(12-13)8-10-18-16-5-2-6-16/h13-16H,1-12H2. The highest BCUT2D eigenvalue weighted by Gasteiger charge is 2.29. The van der Waals surface area contributed by atoms with Crippen LogP contribution in [-0.2, 0) is 9.47 Å². The first-order chi connectivity index (χ1) is 8.90. The summed E-state index contributed by atoms with van der Waals surface area (Å²) in [7, 11) is 0. The molecule has 3 aliphatic rings. The summed E-state index contributed by atoms with van der Waals surface area (Å²) >= 11 is 0. The number of ether oxygens (including phenoxy) is 2. The summed E-state index contributed by atoms with van der Waals surface area (Å²) in [5, 5.41) is 0. The van der Waals surface area contributed by atoms with Gasteiger partial charge < -0.3 is 9.47 Å². The molecule has 0 aliphatic heterocycles. The zero-order valence-corrected chi connectivity index (χ0v) is 11.6. The third-order valence-electron chi connectivity index (χ3n) is 5.20. The summed E-state index contributed by atoms with van der Waals surface area (Å²) in [5.74, 6) is 1.91. The minimum atomic E-state index is 0.622. The monoisotopic (exact) mass is 252 g/mol. The van der Waals surface area contributed by atoms with Gasteiger partial charge in [0.1, 0.15) is 0 Å². The number of hydrogen-bond acceptors (Lipinski definition) is 2. The van der Waals surface area contributed by atoms with E-state index in [1.165, 1.54) is 64.2 Å². The molecule has 0 aromatic carbocycles. The molecule has 0 unspecified atom stereocenters. The molecule has 0 N–H and O–H groups in total. The second-order valence-corrected chi connectivity index (χ2v) is 6.63. The maximum Gasteiger partial charge on any atom is 0.0575 e. The molecule has 3 rings (SSSR count). The molecule has 0 heterocycles. The van der Waals surface area contributed by atoms with E-state index in [0.717, 1.165) is 25.0 Å². The molecule has 18 heavy (non-hydrogen) atoms. The van der Waals surface area contributed by atoms with Crippen LogP contribution in [0.15, 0.2) is 0 Å². The molecule has 2 heteroatoms. The summed E-state index contributed by atoms with van der Waals surface area (Å²) < 4.78 is 11.7. The zero-order chi connectivity index (χ0) is 12.2. The highest BCUT2D eigenvalue weighted by Crippen LogP contribution is 2.38. The first-order valence-corrected chi connectivity index (χ1v) is 8.13. The van der Waals surface area contributed by atoms with Crippen LogP contribution in [0.2, 0.25) is 0 Å². The Hall–Kier alpha value is -0.0800. The van der Waals surface area contributed by atoms with Gasteiger partial charge in [-0.1, -0.05) is 0 Å². The number of hydrogen-bond donors (Lipinski definition) is 0. The van der Waals surface area contributed by atoms with Gasteiger partial charge in [0.25, 0.3) is 0 Å². The molecule has 0 amide bonds. The summed E-state index contributed by atoms with van der Waals surface area (Å²) in [6.45, 7) is 2.03. The van der Waals surface area contributed by atoms with Gasteiger partial charge in [-0.25, -0.2) is 0 Å². The van der Waals surface area contributed by atoms with Crippen LogP contribution in [0.5, 0.6) is 0 Å². The molecule has 3 fully saturated rings. The van der Waals surface area contributed by atoms with Gasteiger partial charge in [0.2, 0.25) is 0 Å². The van der Waals surface area contributed by atoms with E-state index in [0.29, 0.717) is 12.2 Å². The average molecular weight is 252 g/mol. The quantitative estimate of drug-likeness (QED) is 0.651. The van der Waals surface area contributed by atoms with Crippen molar-refractivity contribution >= 4 is 0 Å². The fraction of sp³-hybridized carbons (Fsp3) is 1.00. The van der Waals surface area contributed by atoms with Gasteiger partial charge in [0.05, 0.1) is 12.2 Å². The Kier molecular flexibility index (Phi) is 4.58. The Morgan fingerprint density at radius 1 is 0.667 bits per heavy atom. The Bertz CT molecular complexity index is 215. The molecule has 3 aliphatic carbocycles. The molecule has 0 saturated heterocycles. The lowest BCUT2D eigenvalue weighted by Crippen LogP contribution is -2.29. The van der Waals surface area contributed by atoms with Crippen LogP contribution >= 0.6 is 0 Å². The maximum atomic E-state index is 5.83. The van der Waals surface area contributed by atoms with E-state index >= 15 is 0 Å². The molecular weight excluding hydrogens is 224 g/mol. The number of rotatable bonds is 8. The third-order valence-corrected chi connectivity index (χ3v) is 5.20. The van der Waals surface area contributed by atoms with Crippen molar-refractivity contribution in [1.29, 1.82) is 0 Å². The summed E-state index contributed by atoms with van der Waals surface area (Å²) in [5.41, 5.74) is 0. The van der Waals surface area contributed by atoms with Crippen LogP contribution in [0.25, 0.3) is 0 Å². The fourth-order valence-electron chi connectivity index (χ4n) is 3.22. The average Bonchev–Trinajstić information content (AvgIpc) is 2.18. The molecule has 0 bridgehead atoms. The predicted molar refractivity (Wildman–Crippen MR) is 72.6 cm³/mol. The van der Waals surface area contributed by atoms with E-state index < -0.39 is 0 Å². The predicted octanol–water partition coefficient (Wildman–Crippen LogP) is 3.93. The van der Waals surface area contributed by atoms with Crippen LogP contribution in [0, 0.1) is 11.8 Å². The van der Waals surface area contributed by atoms with Crippen LogP contribution in [0.3, 0.4) is 0 Å². The van der Waals surface area contributed by atoms with E-state index in [9.17, 15) is 0 Å². The van der Waals surface area contributed by atoms with Gasteiger partial charge in [-0.3, -0.25) is 0 Å². The van der Waals surface area contributed by atoms with Gasteiger partial charge in [-0.15, -0.1) is 0 Å². The topological polar surface area (TPSA) is 18.5 Å². The fourth-order valence-corrected chi connectivity index (χ4v) is 3.22. The van der Waals surface area contributed by atoms with Crippen LogP contribution in [0.1, 0.15) is 64.2 Å². The van der Waals surface area contributed by atoms with E-state index in [1.54, 1.807) is 0 Å².